The zero-order valence-electron chi connectivity index (χ0n) is 14.7. The highest BCUT2D eigenvalue weighted by Gasteiger charge is 2.02. The lowest BCUT2D eigenvalue weighted by atomic mass is 10.1. The van der Waals surface area contributed by atoms with Crippen molar-refractivity contribution < 1.29 is 0 Å². The van der Waals surface area contributed by atoms with Crippen LogP contribution in [0.5, 0.6) is 0 Å². The van der Waals surface area contributed by atoms with E-state index in [2.05, 4.69) is 91.5 Å². The van der Waals surface area contributed by atoms with Crippen LogP contribution >= 0.6 is 0 Å². The Bertz CT molecular complexity index is 730. The highest BCUT2D eigenvalue weighted by molar-refractivity contribution is 5.70. The fourth-order valence-electron chi connectivity index (χ4n) is 2.49. The van der Waals surface area contributed by atoms with E-state index < -0.39 is 0 Å². The predicted octanol–water partition coefficient (Wildman–Crippen LogP) is 5.41. The average molecular weight is 318 g/mol. The predicted molar refractivity (Wildman–Crippen MR) is 107 cm³/mol. The van der Waals surface area contributed by atoms with Gasteiger partial charge in [-0.3, -0.25) is 0 Å². The van der Waals surface area contributed by atoms with Gasteiger partial charge in [0.05, 0.1) is 0 Å². The molecule has 2 heteroatoms. The van der Waals surface area contributed by atoms with Crippen LogP contribution in [0.1, 0.15) is 18.1 Å². The van der Waals surface area contributed by atoms with Crippen molar-refractivity contribution in [3.63, 3.8) is 0 Å². The first-order valence-electron chi connectivity index (χ1n) is 8.25. The Morgan fingerprint density at radius 3 is 2.38 bits per heavy atom. The Balaban J connectivity index is 2.02. The fraction of sp³-hybridized carbons (Fsp3) is 0.182. The van der Waals surface area contributed by atoms with E-state index >= 15 is 0 Å². The lowest BCUT2D eigenvalue weighted by Gasteiger charge is -2.20. The van der Waals surface area contributed by atoms with Crippen molar-refractivity contribution in [3.05, 3.63) is 90.8 Å². The molecule has 0 radical (unpaired) electrons. The molecular formula is C22H26N2. The summed E-state index contributed by atoms with van der Waals surface area (Å²) >= 11 is 0. The summed E-state index contributed by atoms with van der Waals surface area (Å²) in [5.41, 5.74) is 4.75. The second-order valence-corrected chi connectivity index (χ2v) is 5.74. The molecule has 124 valence electrons. The Morgan fingerprint density at radius 1 is 1.08 bits per heavy atom. The third kappa shape index (κ3) is 4.88. The second kappa shape index (κ2) is 8.78. The summed E-state index contributed by atoms with van der Waals surface area (Å²) in [7, 11) is 2.08. The molecule has 0 saturated carbocycles. The molecule has 0 spiro atoms. The van der Waals surface area contributed by atoms with Gasteiger partial charge in [-0.2, -0.15) is 0 Å². The van der Waals surface area contributed by atoms with Crippen molar-refractivity contribution in [2.75, 3.05) is 18.5 Å². The summed E-state index contributed by atoms with van der Waals surface area (Å²) in [5, 5.41) is 0. The van der Waals surface area contributed by atoms with Gasteiger partial charge in [-0.15, -0.1) is 0 Å². The van der Waals surface area contributed by atoms with E-state index in [1.54, 1.807) is 6.08 Å². The fourth-order valence-corrected chi connectivity index (χ4v) is 2.49. The summed E-state index contributed by atoms with van der Waals surface area (Å²) in [6, 6.07) is 10.7. The van der Waals surface area contributed by atoms with Gasteiger partial charge in [-0.1, -0.05) is 55.7 Å². The Kier molecular flexibility index (Phi) is 6.44. The number of anilines is 1. The SMILES string of the molecule is C=C/C=C(\C=C)CN(C)c1ccc(/C=C/c2ccn(CC)c2)cc1. The molecule has 0 fully saturated rings. The molecule has 0 aliphatic carbocycles. The van der Waals surface area contributed by atoms with E-state index in [-0.39, 0.29) is 0 Å². The first kappa shape index (κ1) is 17.6. The Hall–Kier alpha value is -2.74. The number of aromatic nitrogens is 1. The molecule has 2 nitrogen and oxygen atoms in total. The van der Waals surface area contributed by atoms with Gasteiger partial charge in [0, 0.05) is 38.2 Å². The third-order valence-electron chi connectivity index (χ3n) is 3.95. The number of benzene rings is 1. The van der Waals surface area contributed by atoms with Crippen LogP contribution in [0.3, 0.4) is 0 Å². The van der Waals surface area contributed by atoms with Crippen LogP contribution in [0.25, 0.3) is 12.2 Å². The summed E-state index contributed by atoms with van der Waals surface area (Å²) < 4.78 is 2.17. The van der Waals surface area contributed by atoms with Crippen molar-refractivity contribution in [2.24, 2.45) is 0 Å². The van der Waals surface area contributed by atoms with E-state index in [0.29, 0.717) is 0 Å². The zero-order chi connectivity index (χ0) is 17.4. The molecule has 1 heterocycles. The number of hydrogen-bond donors (Lipinski definition) is 0. The second-order valence-electron chi connectivity index (χ2n) is 5.74. The van der Waals surface area contributed by atoms with E-state index in [4.69, 9.17) is 0 Å². The van der Waals surface area contributed by atoms with Crippen LogP contribution in [0.15, 0.2) is 79.7 Å². The summed E-state index contributed by atoms with van der Waals surface area (Å²) in [6.45, 7) is 11.5. The van der Waals surface area contributed by atoms with E-state index in [1.807, 2.05) is 12.2 Å². The van der Waals surface area contributed by atoms with Crippen LogP contribution in [-0.2, 0) is 6.54 Å². The third-order valence-corrected chi connectivity index (χ3v) is 3.95. The van der Waals surface area contributed by atoms with Crippen LogP contribution < -0.4 is 4.90 Å². The smallest absolute Gasteiger partial charge is 0.0425 e. The molecule has 0 atom stereocenters. The van der Waals surface area contributed by atoms with Gasteiger partial charge in [-0.25, -0.2) is 0 Å². The van der Waals surface area contributed by atoms with Gasteiger partial charge < -0.3 is 9.47 Å². The minimum Gasteiger partial charge on any atom is -0.370 e. The van der Waals surface area contributed by atoms with Gasteiger partial charge in [-0.05, 0) is 41.8 Å². The number of aryl methyl sites for hydroxylation is 1. The molecule has 1 aromatic heterocycles. The Morgan fingerprint density at radius 2 is 1.79 bits per heavy atom. The quantitative estimate of drug-likeness (QED) is 0.591. The maximum absolute atomic E-state index is 3.85. The van der Waals surface area contributed by atoms with Crippen LogP contribution in [0.2, 0.25) is 0 Å². The number of nitrogens with zero attached hydrogens (tertiary/aromatic N) is 2. The average Bonchev–Trinajstić information content (AvgIpc) is 3.08. The van der Waals surface area contributed by atoms with E-state index in [1.165, 1.54) is 16.8 Å². The van der Waals surface area contributed by atoms with Crippen molar-refractivity contribution in [3.8, 4) is 0 Å². The van der Waals surface area contributed by atoms with Gasteiger partial charge in [0.25, 0.3) is 0 Å². The van der Waals surface area contributed by atoms with Crippen molar-refractivity contribution in [1.82, 2.24) is 4.57 Å². The largest absolute Gasteiger partial charge is 0.370 e. The minimum atomic E-state index is 0.815. The minimum absolute atomic E-state index is 0.815. The zero-order valence-corrected chi connectivity index (χ0v) is 14.7. The normalized spacial score (nSPS) is 11.7. The van der Waals surface area contributed by atoms with E-state index in [0.717, 1.165) is 18.7 Å². The van der Waals surface area contributed by atoms with Gasteiger partial charge in [0.2, 0.25) is 0 Å². The first-order chi connectivity index (χ1) is 11.7. The molecule has 24 heavy (non-hydrogen) atoms. The van der Waals surface area contributed by atoms with Gasteiger partial charge in [0.1, 0.15) is 0 Å². The molecule has 0 aliphatic heterocycles. The lowest BCUT2D eigenvalue weighted by molar-refractivity contribution is 0.769. The number of allylic oxidation sites excluding steroid dienone is 2. The standard InChI is InChI=1S/C22H26N2/c1-5-8-19(6-2)17-23(4)22-13-11-20(12-14-22)9-10-21-15-16-24(7-3)18-21/h5-6,8-16,18H,1-2,7,17H2,3-4H3/b10-9+,19-8+. The Labute approximate surface area is 145 Å². The van der Waals surface area contributed by atoms with E-state index in [9.17, 15) is 0 Å². The molecule has 0 N–H and O–H groups in total. The molecule has 2 aromatic rings. The van der Waals surface area contributed by atoms with Crippen molar-refractivity contribution in [2.45, 2.75) is 13.5 Å². The maximum atomic E-state index is 3.85. The topological polar surface area (TPSA) is 8.17 Å². The molecule has 0 bridgehead atoms. The maximum Gasteiger partial charge on any atom is 0.0425 e. The molecule has 2 rings (SSSR count). The number of rotatable bonds is 8. The molecule has 0 amide bonds. The number of likely N-dealkylation sites (N-methyl/N-ethyl adjacent to an activating group) is 1. The van der Waals surface area contributed by atoms with Crippen molar-refractivity contribution >= 4 is 17.8 Å². The van der Waals surface area contributed by atoms with Crippen LogP contribution in [0, 0.1) is 0 Å². The molecule has 1 aromatic carbocycles. The van der Waals surface area contributed by atoms with Gasteiger partial charge in [0.15, 0.2) is 0 Å². The molecule has 0 saturated heterocycles. The van der Waals surface area contributed by atoms with Gasteiger partial charge >= 0.3 is 0 Å². The number of hydrogen-bond acceptors (Lipinski definition) is 1. The highest BCUT2D eigenvalue weighted by Crippen LogP contribution is 2.17. The highest BCUT2D eigenvalue weighted by atomic mass is 15.1. The summed E-state index contributed by atoms with van der Waals surface area (Å²) in [5.74, 6) is 0. The van der Waals surface area contributed by atoms with Crippen LogP contribution in [0.4, 0.5) is 5.69 Å². The lowest BCUT2D eigenvalue weighted by Crippen LogP contribution is -2.19. The summed E-state index contributed by atoms with van der Waals surface area (Å²) in [4.78, 5) is 2.20. The molecule has 0 aliphatic rings. The van der Waals surface area contributed by atoms with Crippen LogP contribution in [-0.4, -0.2) is 18.2 Å². The summed E-state index contributed by atoms with van der Waals surface area (Å²) in [6.07, 6.45) is 14.2. The van der Waals surface area contributed by atoms with Crippen molar-refractivity contribution in [1.29, 1.82) is 0 Å². The molecular weight excluding hydrogens is 292 g/mol. The first-order valence-corrected chi connectivity index (χ1v) is 8.25. The monoisotopic (exact) mass is 318 g/mol. The molecule has 0 unspecified atom stereocenters.